The number of hydrogen-bond acceptors (Lipinski definition) is 4. The number of pyridine rings is 1. The molecule has 0 spiro atoms. The standard InChI is InChI=1S/C20H16F2N6O/c1-10-15(22)6-12(19-25-18(26-27-19)11-2-3-11)7-16(10)24-20(29)14-8-23-28-9-13(21)4-5-17(14)28/h4-9,11H,2-3H2,1H3,(H,24,29)(H,25,26,27). The zero-order valence-electron chi connectivity index (χ0n) is 15.4. The Labute approximate surface area is 163 Å². The van der Waals surface area contributed by atoms with Crippen molar-refractivity contribution in [2.45, 2.75) is 25.7 Å². The van der Waals surface area contributed by atoms with Crippen LogP contribution in [-0.4, -0.2) is 30.7 Å². The van der Waals surface area contributed by atoms with Crippen molar-refractivity contribution in [2.24, 2.45) is 0 Å². The van der Waals surface area contributed by atoms with Crippen molar-refractivity contribution in [1.29, 1.82) is 0 Å². The summed E-state index contributed by atoms with van der Waals surface area (Å²) in [6.45, 7) is 1.58. The summed E-state index contributed by atoms with van der Waals surface area (Å²) in [7, 11) is 0. The van der Waals surface area contributed by atoms with E-state index in [1.807, 2.05) is 0 Å². The molecule has 0 aliphatic heterocycles. The molecule has 0 atom stereocenters. The van der Waals surface area contributed by atoms with E-state index in [0.29, 0.717) is 34.1 Å². The lowest BCUT2D eigenvalue weighted by Crippen LogP contribution is -2.13. The average molecular weight is 394 g/mol. The van der Waals surface area contributed by atoms with Gasteiger partial charge in [-0.15, -0.1) is 0 Å². The lowest BCUT2D eigenvalue weighted by Gasteiger charge is -2.10. The Morgan fingerprint density at radius 1 is 1.28 bits per heavy atom. The van der Waals surface area contributed by atoms with E-state index in [-0.39, 0.29) is 5.56 Å². The van der Waals surface area contributed by atoms with Gasteiger partial charge in [0.15, 0.2) is 5.82 Å². The van der Waals surface area contributed by atoms with Gasteiger partial charge in [0.1, 0.15) is 17.5 Å². The summed E-state index contributed by atoms with van der Waals surface area (Å²) in [5, 5.41) is 13.8. The van der Waals surface area contributed by atoms with Crippen molar-refractivity contribution < 1.29 is 13.6 Å². The Kier molecular flexibility index (Phi) is 3.90. The van der Waals surface area contributed by atoms with E-state index < -0.39 is 17.5 Å². The second-order valence-electron chi connectivity index (χ2n) is 7.14. The third-order valence-electron chi connectivity index (χ3n) is 5.04. The van der Waals surface area contributed by atoms with Crippen LogP contribution in [0, 0.1) is 18.6 Å². The highest BCUT2D eigenvalue weighted by atomic mass is 19.1. The maximum Gasteiger partial charge on any atom is 0.259 e. The molecule has 1 aliphatic carbocycles. The van der Waals surface area contributed by atoms with Crippen LogP contribution >= 0.6 is 0 Å². The molecule has 29 heavy (non-hydrogen) atoms. The predicted octanol–water partition coefficient (Wildman–Crippen LogP) is 3.84. The van der Waals surface area contributed by atoms with Crippen LogP contribution in [0.25, 0.3) is 16.9 Å². The third-order valence-corrected chi connectivity index (χ3v) is 5.04. The summed E-state index contributed by atoms with van der Waals surface area (Å²) in [6, 6.07) is 5.71. The first kappa shape index (κ1) is 17.5. The SMILES string of the molecule is Cc1c(F)cc(-c2n[nH]c(C3CC3)n2)cc1NC(=O)c1cnn2cc(F)ccc12. The van der Waals surface area contributed by atoms with Crippen LogP contribution in [0.5, 0.6) is 0 Å². The fourth-order valence-corrected chi connectivity index (χ4v) is 3.20. The van der Waals surface area contributed by atoms with Crippen molar-refractivity contribution in [3.05, 3.63) is 65.2 Å². The summed E-state index contributed by atoms with van der Waals surface area (Å²) >= 11 is 0. The number of anilines is 1. The molecule has 3 heterocycles. The first-order valence-electron chi connectivity index (χ1n) is 9.16. The van der Waals surface area contributed by atoms with Crippen LogP contribution in [0.4, 0.5) is 14.5 Å². The Bertz CT molecular complexity index is 1260. The highest BCUT2D eigenvalue weighted by Crippen LogP contribution is 2.38. The monoisotopic (exact) mass is 394 g/mol. The van der Waals surface area contributed by atoms with E-state index in [2.05, 4.69) is 25.6 Å². The summed E-state index contributed by atoms with van der Waals surface area (Å²) < 4.78 is 29.1. The number of amides is 1. The summed E-state index contributed by atoms with van der Waals surface area (Å²) in [6.07, 6.45) is 4.67. The molecule has 0 radical (unpaired) electrons. The molecule has 1 amide bonds. The number of carbonyl (C=O) groups excluding carboxylic acids is 1. The maximum atomic E-state index is 14.5. The van der Waals surface area contributed by atoms with Crippen molar-refractivity contribution in [3.63, 3.8) is 0 Å². The minimum atomic E-state index is -0.475. The van der Waals surface area contributed by atoms with Gasteiger partial charge in [0.2, 0.25) is 0 Å². The van der Waals surface area contributed by atoms with Crippen molar-refractivity contribution >= 4 is 17.1 Å². The highest BCUT2D eigenvalue weighted by molar-refractivity contribution is 6.09. The van der Waals surface area contributed by atoms with E-state index >= 15 is 0 Å². The number of H-pyrrole nitrogens is 1. The second-order valence-corrected chi connectivity index (χ2v) is 7.14. The Hall–Kier alpha value is -3.62. The van der Waals surface area contributed by atoms with Crippen molar-refractivity contribution in [2.75, 3.05) is 5.32 Å². The van der Waals surface area contributed by atoms with E-state index in [9.17, 15) is 13.6 Å². The van der Waals surface area contributed by atoms with Crippen LogP contribution in [0.15, 0.2) is 36.7 Å². The van der Waals surface area contributed by atoms with E-state index in [1.54, 1.807) is 13.0 Å². The molecular formula is C20H16F2N6O. The Balaban J connectivity index is 1.48. The lowest BCUT2D eigenvalue weighted by molar-refractivity contribution is 0.102. The summed E-state index contributed by atoms with van der Waals surface area (Å²) in [5.41, 5.74) is 1.77. The number of nitrogens with zero attached hydrogens (tertiary/aromatic N) is 4. The van der Waals surface area contributed by atoms with Crippen LogP contribution in [0.3, 0.4) is 0 Å². The molecule has 7 nitrogen and oxygen atoms in total. The van der Waals surface area contributed by atoms with Gasteiger partial charge in [-0.25, -0.2) is 18.3 Å². The molecule has 1 saturated carbocycles. The smallest absolute Gasteiger partial charge is 0.259 e. The quantitative estimate of drug-likeness (QED) is 0.551. The molecule has 5 rings (SSSR count). The van der Waals surface area contributed by atoms with Gasteiger partial charge < -0.3 is 5.32 Å². The number of rotatable bonds is 4. The van der Waals surface area contributed by atoms with Crippen molar-refractivity contribution in [1.82, 2.24) is 24.8 Å². The molecule has 1 fully saturated rings. The minimum absolute atomic E-state index is 0.254. The molecule has 0 saturated heterocycles. The number of nitrogens with one attached hydrogen (secondary N) is 2. The predicted molar refractivity (Wildman–Crippen MR) is 102 cm³/mol. The van der Waals surface area contributed by atoms with Crippen LogP contribution in [0.2, 0.25) is 0 Å². The second kappa shape index (κ2) is 6.47. The van der Waals surface area contributed by atoms with Crippen molar-refractivity contribution in [3.8, 4) is 11.4 Å². The van der Waals surface area contributed by atoms with Gasteiger partial charge in [0.05, 0.1) is 23.5 Å². The normalized spacial score (nSPS) is 13.8. The molecule has 1 aromatic carbocycles. The highest BCUT2D eigenvalue weighted by Gasteiger charge is 2.27. The van der Waals surface area contributed by atoms with E-state index in [1.165, 1.54) is 35.1 Å². The zero-order chi connectivity index (χ0) is 20.1. The lowest BCUT2D eigenvalue weighted by atomic mass is 10.1. The molecule has 2 N–H and O–H groups in total. The summed E-state index contributed by atoms with van der Waals surface area (Å²) in [4.78, 5) is 17.2. The van der Waals surface area contributed by atoms with Gasteiger partial charge in [-0.2, -0.15) is 10.2 Å². The molecular weight excluding hydrogens is 378 g/mol. The molecule has 4 aromatic rings. The fraction of sp³-hybridized carbons (Fsp3) is 0.200. The first-order valence-corrected chi connectivity index (χ1v) is 9.16. The number of aromatic amines is 1. The Morgan fingerprint density at radius 2 is 2.10 bits per heavy atom. The maximum absolute atomic E-state index is 14.5. The Morgan fingerprint density at radius 3 is 2.90 bits per heavy atom. The van der Waals surface area contributed by atoms with Crippen LogP contribution < -0.4 is 5.32 Å². The first-order chi connectivity index (χ1) is 14.0. The topological polar surface area (TPSA) is 88.0 Å². The van der Waals surface area contributed by atoms with Gasteiger partial charge in [0.25, 0.3) is 5.91 Å². The number of fused-ring (bicyclic) bond motifs is 1. The van der Waals surface area contributed by atoms with Gasteiger partial charge in [-0.05, 0) is 44.0 Å². The number of hydrogen-bond donors (Lipinski definition) is 2. The van der Waals surface area contributed by atoms with E-state index in [4.69, 9.17) is 0 Å². The molecule has 0 bridgehead atoms. The molecule has 1 aliphatic rings. The number of aromatic nitrogens is 5. The minimum Gasteiger partial charge on any atom is -0.322 e. The molecule has 3 aromatic heterocycles. The largest absolute Gasteiger partial charge is 0.322 e. The van der Waals surface area contributed by atoms with Gasteiger partial charge in [0, 0.05) is 22.7 Å². The number of benzene rings is 1. The molecule has 9 heteroatoms. The number of halogens is 2. The fourth-order valence-electron chi connectivity index (χ4n) is 3.20. The third kappa shape index (κ3) is 3.14. The van der Waals surface area contributed by atoms with Crippen LogP contribution in [0.1, 0.15) is 40.5 Å². The summed E-state index contributed by atoms with van der Waals surface area (Å²) in [5.74, 6) is 0.164. The van der Waals surface area contributed by atoms with Gasteiger partial charge in [-0.3, -0.25) is 9.89 Å². The van der Waals surface area contributed by atoms with Crippen LogP contribution in [-0.2, 0) is 0 Å². The molecule has 0 unspecified atom stereocenters. The average Bonchev–Trinajstić information content (AvgIpc) is 3.27. The molecule has 146 valence electrons. The zero-order valence-corrected chi connectivity index (χ0v) is 15.4. The van der Waals surface area contributed by atoms with Gasteiger partial charge >= 0.3 is 0 Å². The number of carbonyl (C=O) groups is 1. The van der Waals surface area contributed by atoms with E-state index in [0.717, 1.165) is 18.7 Å². The van der Waals surface area contributed by atoms with Gasteiger partial charge in [-0.1, -0.05) is 0 Å².